The van der Waals surface area contributed by atoms with Gasteiger partial charge >= 0.3 is 211 Å². The first-order valence-electron chi connectivity index (χ1n) is 14.1. The van der Waals surface area contributed by atoms with E-state index in [-0.39, 0.29) is 0 Å². The normalized spacial score (nSPS) is 11.4. The molecule has 0 atom stereocenters. The van der Waals surface area contributed by atoms with E-state index in [2.05, 4.69) is 32.9 Å². The summed E-state index contributed by atoms with van der Waals surface area (Å²) in [6, 6.07) is 4.98. The Morgan fingerprint density at radius 3 is 1.32 bits per heavy atom. The van der Waals surface area contributed by atoms with Gasteiger partial charge in [-0.3, -0.25) is 0 Å². The molecule has 0 aliphatic heterocycles. The van der Waals surface area contributed by atoms with Crippen molar-refractivity contribution >= 4 is 26.1 Å². The zero-order chi connectivity index (χ0) is 22.6. The van der Waals surface area contributed by atoms with Crippen LogP contribution in [0.15, 0.2) is 12.1 Å². The van der Waals surface area contributed by atoms with Crippen LogP contribution in [0.2, 0.25) is 0 Å². The molecule has 0 aliphatic carbocycles. The summed E-state index contributed by atoms with van der Waals surface area (Å²) in [7, 11) is 0. The van der Waals surface area contributed by atoms with Crippen molar-refractivity contribution in [3.8, 4) is 0 Å². The summed E-state index contributed by atoms with van der Waals surface area (Å²) in [5.74, 6) is 0. The molecule has 0 spiro atoms. The van der Waals surface area contributed by atoms with E-state index < -0.39 is 0 Å². The summed E-state index contributed by atoms with van der Waals surface area (Å²) in [5, 5.41) is 0. The third kappa shape index (κ3) is 14.0. The van der Waals surface area contributed by atoms with Crippen molar-refractivity contribution in [3.63, 3.8) is 0 Å². The molecule has 1 aromatic rings. The van der Waals surface area contributed by atoms with Gasteiger partial charge in [-0.1, -0.05) is 0 Å². The second-order valence-electron chi connectivity index (χ2n) is 9.78. The molecular weight excluding hydrogens is 479 g/mol. The average molecular weight is 532 g/mol. The quantitative estimate of drug-likeness (QED) is 0.109. The van der Waals surface area contributed by atoms with Gasteiger partial charge in [-0.25, -0.2) is 0 Å². The molecule has 0 bridgehead atoms. The maximum atomic E-state index is 2.51. The first-order chi connectivity index (χ1) is 15.2. The molecule has 1 rings (SSSR count). The van der Waals surface area contributed by atoms with Gasteiger partial charge in [-0.05, 0) is 0 Å². The van der Waals surface area contributed by atoms with Crippen LogP contribution >= 0.6 is 0 Å². The second kappa shape index (κ2) is 20.6. The first-order valence-corrected chi connectivity index (χ1v) is 15.5. The Kier molecular flexibility index (Phi) is 19.3. The third-order valence-corrected chi connectivity index (χ3v) is 8.23. The van der Waals surface area contributed by atoms with Crippen LogP contribution in [-0.4, -0.2) is 22.5 Å². The fourth-order valence-electron chi connectivity index (χ4n) is 4.83. The molecule has 31 heavy (non-hydrogen) atoms. The van der Waals surface area contributed by atoms with E-state index in [0.29, 0.717) is 0 Å². The minimum atomic E-state index is 1.32. The monoisotopic (exact) mass is 533 g/mol. The van der Waals surface area contributed by atoms with Crippen molar-refractivity contribution in [3.05, 3.63) is 28.8 Å². The number of aryl methyl sites for hydroxylation is 1. The molecule has 0 amide bonds. The Morgan fingerprint density at radius 1 is 0.452 bits per heavy atom. The molecule has 0 N–H and O–H groups in total. The van der Waals surface area contributed by atoms with Crippen LogP contribution in [0.3, 0.4) is 0 Å². The van der Waals surface area contributed by atoms with Crippen molar-refractivity contribution < 1.29 is 0 Å². The minimum absolute atomic E-state index is 1.32. The summed E-state index contributed by atoms with van der Waals surface area (Å²) >= 11 is 1.62. The summed E-state index contributed by atoms with van der Waals surface area (Å²) in [6.45, 7) is 6.95. The molecule has 0 unspecified atom stereocenters. The summed E-state index contributed by atoms with van der Waals surface area (Å²) in [4.78, 5) is 0. The van der Waals surface area contributed by atoms with Gasteiger partial charge in [0.1, 0.15) is 0 Å². The Morgan fingerprint density at radius 2 is 0.839 bits per heavy atom. The SMILES string of the molecule is CCCCCCCCc1cc[c]([Sn])c(CCCCCCCC)c1CCCCCCCC. The fraction of sp³-hybridized carbons (Fsp3) is 0.800. The molecular formula is C30H53Sn. The Labute approximate surface area is 209 Å². The van der Waals surface area contributed by atoms with E-state index in [1.807, 2.05) is 0 Å². The van der Waals surface area contributed by atoms with Gasteiger partial charge in [0.15, 0.2) is 0 Å². The van der Waals surface area contributed by atoms with Crippen LogP contribution in [0.4, 0.5) is 0 Å². The van der Waals surface area contributed by atoms with Crippen molar-refractivity contribution in [2.24, 2.45) is 0 Å². The number of rotatable bonds is 21. The van der Waals surface area contributed by atoms with Gasteiger partial charge in [-0.2, -0.15) is 0 Å². The fourth-order valence-corrected chi connectivity index (χ4v) is 5.86. The standard InChI is InChI=1S/C30H53.Sn/c1-4-7-10-13-16-19-23-28-25-22-26-29(24-20-17-14-11-8-5-2)30(28)27-21-18-15-12-9-6-3;/h22,25H,4-21,23-24,27H2,1-3H3;. The number of unbranched alkanes of at least 4 members (excludes halogenated alkanes) is 15. The summed E-state index contributed by atoms with van der Waals surface area (Å²) in [6.07, 6.45) is 29.4. The van der Waals surface area contributed by atoms with Crippen molar-refractivity contribution in [1.82, 2.24) is 0 Å². The van der Waals surface area contributed by atoms with Gasteiger partial charge in [-0.15, -0.1) is 0 Å². The van der Waals surface area contributed by atoms with Crippen LogP contribution in [-0.2, 0) is 19.3 Å². The first kappa shape index (κ1) is 29.1. The predicted molar refractivity (Wildman–Crippen MR) is 143 cm³/mol. The molecule has 0 heterocycles. The molecule has 0 aliphatic rings. The van der Waals surface area contributed by atoms with Crippen LogP contribution < -0.4 is 3.58 Å². The molecule has 0 saturated carbocycles. The molecule has 0 saturated heterocycles. The molecule has 0 nitrogen and oxygen atoms in total. The Bertz CT molecular complexity index is 533. The topological polar surface area (TPSA) is 0 Å². The van der Waals surface area contributed by atoms with Crippen molar-refractivity contribution in [1.29, 1.82) is 0 Å². The van der Waals surface area contributed by atoms with E-state index in [0.717, 1.165) is 0 Å². The third-order valence-electron chi connectivity index (χ3n) is 6.89. The number of hydrogen-bond acceptors (Lipinski definition) is 0. The van der Waals surface area contributed by atoms with Crippen LogP contribution in [0.25, 0.3) is 0 Å². The molecule has 1 aromatic carbocycles. The number of benzene rings is 1. The summed E-state index contributed by atoms with van der Waals surface area (Å²) in [5.41, 5.74) is 5.26. The van der Waals surface area contributed by atoms with Gasteiger partial charge < -0.3 is 0 Å². The second-order valence-corrected chi connectivity index (χ2v) is 11.3. The molecule has 0 fully saturated rings. The van der Waals surface area contributed by atoms with Gasteiger partial charge in [0, 0.05) is 0 Å². The molecule has 3 radical (unpaired) electrons. The molecule has 177 valence electrons. The summed E-state index contributed by atoms with van der Waals surface area (Å²) < 4.78 is 1.65. The molecule has 0 aromatic heterocycles. The van der Waals surface area contributed by atoms with E-state index in [1.54, 1.807) is 42.8 Å². The zero-order valence-corrected chi connectivity index (χ0v) is 24.4. The van der Waals surface area contributed by atoms with Gasteiger partial charge in [0.05, 0.1) is 0 Å². The van der Waals surface area contributed by atoms with Gasteiger partial charge in [0.2, 0.25) is 0 Å². The van der Waals surface area contributed by atoms with Crippen molar-refractivity contribution in [2.45, 2.75) is 156 Å². The average Bonchev–Trinajstić information content (AvgIpc) is 2.77. The van der Waals surface area contributed by atoms with Crippen molar-refractivity contribution in [2.75, 3.05) is 0 Å². The van der Waals surface area contributed by atoms with E-state index in [9.17, 15) is 0 Å². The zero-order valence-electron chi connectivity index (χ0n) is 21.5. The maximum absolute atomic E-state index is 2.51. The molecule has 1 heteroatoms. The number of hydrogen-bond donors (Lipinski definition) is 0. The van der Waals surface area contributed by atoms with Gasteiger partial charge in [0.25, 0.3) is 0 Å². The van der Waals surface area contributed by atoms with E-state index in [1.165, 1.54) is 135 Å². The van der Waals surface area contributed by atoms with Crippen LogP contribution in [0.1, 0.15) is 153 Å². The Hall–Kier alpha value is 0.0187. The van der Waals surface area contributed by atoms with E-state index >= 15 is 0 Å². The van der Waals surface area contributed by atoms with Crippen LogP contribution in [0, 0.1) is 0 Å². The van der Waals surface area contributed by atoms with Crippen LogP contribution in [0.5, 0.6) is 0 Å². The predicted octanol–water partition coefficient (Wildman–Crippen LogP) is 9.19. The Balaban J connectivity index is 2.67. The van der Waals surface area contributed by atoms with E-state index in [4.69, 9.17) is 0 Å².